The van der Waals surface area contributed by atoms with Gasteiger partial charge in [0, 0.05) is 7.05 Å². The predicted molar refractivity (Wildman–Crippen MR) is 121 cm³/mol. The fraction of sp³-hybridized carbons (Fsp3) is 0.545. The van der Waals surface area contributed by atoms with Crippen LogP contribution < -0.4 is 5.32 Å². The quantitative estimate of drug-likeness (QED) is 0.164. The number of nitrogens with zero attached hydrogens (tertiary/aromatic N) is 3. The predicted octanol–water partition coefficient (Wildman–Crippen LogP) is 0.845. The minimum Gasteiger partial charge on any atom is -0.480 e. The van der Waals surface area contributed by atoms with Crippen molar-refractivity contribution >= 4 is 23.9 Å². The molecule has 1 fully saturated rings. The van der Waals surface area contributed by atoms with Crippen LogP contribution in [0.25, 0.3) is 0 Å². The highest BCUT2D eigenvalue weighted by Crippen LogP contribution is 2.17. The number of rotatable bonds is 14. The first-order valence-corrected chi connectivity index (χ1v) is 11.2. The molecule has 3 atom stereocenters. The summed E-state index contributed by atoms with van der Waals surface area (Å²) in [6, 6.07) is 5.35. The van der Waals surface area contributed by atoms with E-state index in [0.717, 1.165) is 10.5 Å². The number of ether oxygens (including phenoxy) is 1. The number of esters is 1. The third kappa shape index (κ3) is 8.21. The van der Waals surface area contributed by atoms with Crippen molar-refractivity contribution in [1.82, 2.24) is 15.1 Å². The summed E-state index contributed by atoms with van der Waals surface area (Å²) in [7, 11) is 1.40. The van der Waals surface area contributed by atoms with Gasteiger partial charge in [0.15, 0.2) is 6.04 Å². The Morgan fingerprint density at radius 2 is 1.89 bits per heavy atom. The number of amides is 3. The smallest absolute Gasteiger partial charge is 0.328 e. The van der Waals surface area contributed by atoms with Gasteiger partial charge in [-0.3, -0.25) is 14.9 Å². The Morgan fingerprint density at radius 3 is 2.51 bits per heavy atom. The molecule has 1 aromatic carbocycles. The molecule has 1 heterocycles. The second-order valence-electron chi connectivity index (χ2n) is 8.12. The molecule has 1 aromatic rings. The van der Waals surface area contributed by atoms with E-state index in [4.69, 9.17) is 4.74 Å². The molecule has 13 heteroatoms. The Kier molecular flexibility index (Phi) is 10.4. The lowest BCUT2D eigenvalue weighted by atomic mass is 10.0. The van der Waals surface area contributed by atoms with Gasteiger partial charge < -0.3 is 19.6 Å². The van der Waals surface area contributed by atoms with Crippen LogP contribution in [0.5, 0.6) is 0 Å². The van der Waals surface area contributed by atoms with E-state index in [-0.39, 0.29) is 26.2 Å². The molecule has 0 bridgehead atoms. The van der Waals surface area contributed by atoms with Gasteiger partial charge in [0.05, 0.1) is 25.8 Å². The Balaban J connectivity index is 2.02. The molecule has 0 spiro atoms. The summed E-state index contributed by atoms with van der Waals surface area (Å²) in [6.45, 7) is 1.20. The van der Waals surface area contributed by atoms with Crippen molar-refractivity contribution in [3.8, 4) is 0 Å². The Labute approximate surface area is 202 Å². The van der Waals surface area contributed by atoms with Crippen LogP contribution in [0.3, 0.4) is 0 Å². The third-order valence-corrected chi connectivity index (χ3v) is 5.46. The van der Waals surface area contributed by atoms with Gasteiger partial charge in [0.25, 0.3) is 5.09 Å². The molecule has 1 aliphatic heterocycles. The monoisotopic (exact) mass is 494 g/mol. The lowest BCUT2D eigenvalue weighted by Crippen LogP contribution is -2.54. The van der Waals surface area contributed by atoms with Gasteiger partial charge in [0.2, 0.25) is 5.91 Å². The van der Waals surface area contributed by atoms with E-state index in [1.807, 2.05) is 30.3 Å². The van der Waals surface area contributed by atoms with E-state index in [2.05, 4.69) is 10.2 Å². The van der Waals surface area contributed by atoms with Crippen LogP contribution in [0.15, 0.2) is 30.3 Å². The van der Waals surface area contributed by atoms with Gasteiger partial charge in [-0.15, -0.1) is 10.1 Å². The fourth-order valence-corrected chi connectivity index (χ4v) is 3.60. The summed E-state index contributed by atoms with van der Waals surface area (Å²) in [5.41, 5.74) is 0.963. The number of carbonyl (C=O) groups excluding carboxylic acids is 3. The molecule has 1 saturated heterocycles. The average Bonchev–Trinajstić information content (AvgIpc) is 3.13. The van der Waals surface area contributed by atoms with E-state index < -0.39 is 47.1 Å². The number of carboxylic acid groups (broad SMARTS) is 1. The number of carbonyl (C=O) groups is 4. The molecule has 13 nitrogen and oxygen atoms in total. The molecule has 1 aliphatic rings. The van der Waals surface area contributed by atoms with Gasteiger partial charge in [-0.05, 0) is 38.2 Å². The van der Waals surface area contributed by atoms with Gasteiger partial charge >= 0.3 is 18.0 Å². The number of nitrogens with one attached hydrogen (secondary N) is 1. The van der Waals surface area contributed by atoms with Crippen LogP contribution in [-0.2, 0) is 30.4 Å². The van der Waals surface area contributed by atoms with Gasteiger partial charge in [-0.25, -0.2) is 14.5 Å². The average molecular weight is 495 g/mol. The van der Waals surface area contributed by atoms with E-state index in [1.165, 1.54) is 14.0 Å². The first-order valence-electron chi connectivity index (χ1n) is 11.2. The standard InChI is InChI=1S/C22H30N4O9/c1-15(19(27)25-18(20(28)29)14-24(2)22(25)31)23-17(11-10-16-8-4-3-5-9-16)21(30)34-12-6-7-13-35-26(32)33/h3-5,8-9,15,17-18,23H,6-7,10-14H2,1-2H3,(H,28,29). The van der Waals surface area contributed by atoms with Crippen molar-refractivity contribution in [2.45, 2.75) is 50.7 Å². The van der Waals surface area contributed by atoms with Crippen molar-refractivity contribution in [3.05, 3.63) is 46.0 Å². The maximum Gasteiger partial charge on any atom is 0.328 e. The summed E-state index contributed by atoms with van der Waals surface area (Å²) in [5, 5.41) is 21.6. The van der Waals surface area contributed by atoms with Crippen LogP contribution >= 0.6 is 0 Å². The van der Waals surface area contributed by atoms with Crippen molar-refractivity contribution in [2.24, 2.45) is 0 Å². The molecular weight excluding hydrogens is 464 g/mol. The molecule has 35 heavy (non-hydrogen) atoms. The number of hydrogen-bond acceptors (Lipinski definition) is 9. The number of likely N-dealkylation sites (N-methyl/N-ethyl adjacent to an activating group) is 1. The summed E-state index contributed by atoms with van der Waals surface area (Å²) < 4.78 is 5.28. The number of imide groups is 1. The van der Waals surface area contributed by atoms with Crippen molar-refractivity contribution in [2.75, 3.05) is 26.8 Å². The van der Waals surface area contributed by atoms with E-state index in [1.54, 1.807) is 0 Å². The van der Waals surface area contributed by atoms with Gasteiger partial charge in [0.1, 0.15) is 6.04 Å². The van der Waals surface area contributed by atoms with E-state index in [0.29, 0.717) is 24.2 Å². The summed E-state index contributed by atoms with van der Waals surface area (Å²) in [6.07, 6.45) is 1.43. The second kappa shape index (κ2) is 13.2. The molecule has 3 amide bonds. The Hall–Kier alpha value is -3.74. The highest BCUT2D eigenvalue weighted by Gasteiger charge is 2.45. The highest BCUT2D eigenvalue weighted by atomic mass is 16.9. The number of hydrogen-bond donors (Lipinski definition) is 2. The molecule has 0 aliphatic carbocycles. The van der Waals surface area contributed by atoms with Gasteiger partial charge in [-0.2, -0.15) is 0 Å². The molecule has 2 rings (SSSR count). The number of carboxylic acids is 1. The van der Waals surface area contributed by atoms with Gasteiger partial charge in [-0.1, -0.05) is 30.3 Å². The van der Waals surface area contributed by atoms with Crippen LogP contribution in [0.2, 0.25) is 0 Å². The first-order chi connectivity index (χ1) is 16.6. The third-order valence-electron chi connectivity index (χ3n) is 5.46. The van der Waals surface area contributed by atoms with E-state index in [9.17, 15) is 34.4 Å². The van der Waals surface area contributed by atoms with Crippen molar-refractivity contribution in [1.29, 1.82) is 0 Å². The van der Waals surface area contributed by atoms with Crippen LogP contribution in [0.4, 0.5) is 4.79 Å². The lowest BCUT2D eigenvalue weighted by molar-refractivity contribution is -0.757. The fourth-order valence-electron chi connectivity index (χ4n) is 3.60. The zero-order chi connectivity index (χ0) is 26.0. The van der Waals surface area contributed by atoms with Crippen molar-refractivity contribution < 1.29 is 38.9 Å². The minimum atomic E-state index is -1.32. The number of urea groups is 1. The number of unbranched alkanes of at least 4 members (excludes halogenated alkanes) is 1. The normalized spacial score (nSPS) is 17.1. The lowest BCUT2D eigenvalue weighted by Gasteiger charge is -2.26. The Bertz CT molecular complexity index is 911. The van der Waals surface area contributed by atoms with Crippen LogP contribution in [0.1, 0.15) is 31.7 Å². The van der Waals surface area contributed by atoms with E-state index >= 15 is 0 Å². The molecular formula is C22H30N4O9. The topological polar surface area (TPSA) is 169 Å². The maximum atomic E-state index is 13.0. The molecule has 192 valence electrons. The van der Waals surface area contributed by atoms with Crippen LogP contribution in [0, 0.1) is 10.1 Å². The first kappa shape index (κ1) is 27.5. The zero-order valence-corrected chi connectivity index (χ0v) is 19.6. The largest absolute Gasteiger partial charge is 0.480 e. The molecule has 3 unspecified atom stereocenters. The molecule has 0 radical (unpaired) electrons. The summed E-state index contributed by atoms with van der Waals surface area (Å²) >= 11 is 0. The maximum absolute atomic E-state index is 13.0. The van der Waals surface area contributed by atoms with Crippen LogP contribution in [-0.4, -0.2) is 88.8 Å². The van der Waals surface area contributed by atoms with Crippen molar-refractivity contribution in [3.63, 3.8) is 0 Å². The number of aliphatic carboxylic acids is 1. The summed E-state index contributed by atoms with van der Waals surface area (Å²) in [5.74, 6) is -2.69. The molecule has 2 N–H and O–H groups in total. The second-order valence-corrected chi connectivity index (χ2v) is 8.12. The molecule has 0 saturated carbocycles. The Morgan fingerprint density at radius 1 is 1.23 bits per heavy atom. The number of benzene rings is 1. The number of aryl methyl sites for hydroxylation is 1. The minimum absolute atomic E-state index is 0.00223. The molecule has 0 aromatic heterocycles. The zero-order valence-electron chi connectivity index (χ0n) is 19.6. The SMILES string of the molecule is CC(NC(CCc1ccccc1)C(=O)OCCCCO[N+](=O)[O-])C(=O)N1C(=O)N(C)CC1C(=O)O. The highest BCUT2D eigenvalue weighted by molar-refractivity contribution is 6.02. The summed E-state index contributed by atoms with van der Waals surface area (Å²) in [4.78, 5) is 65.8.